The highest BCUT2D eigenvalue weighted by Gasteiger charge is 2.15. The van der Waals surface area contributed by atoms with Crippen molar-refractivity contribution in [3.05, 3.63) is 0 Å². The fourth-order valence-corrected chi connectivity index (χ4v) is 3.04. The topological polar surface area (TPSA) is 71.6 Å². The van der Waals surface area contributed by atoms with Crippen molar-refractivity contribution >= 4 is 0 Å². The van der Waals surface area contributed by atoms with Gasteiger partial charge in [-0.3, -0.25) is 0 Å². The van der Waals surface area contributed by atoms with Gasteiger partial charge in [-0.2, -0.15) is 10.5 Å². The maximum Gasteiger partial charge on any atom is 0.0618 e. The summed E-state index contributed by atoms with van der Waals surface area (Å²) < 4.78 is 0. The lowest BCUT2D eigenvalue weighted by molar-refractivity contribution is 0.304. The zero-order valence-electron chi connectivity index (χ0n) is 15.2. The van der Waals surface area contributed by atoms with Crippen LogP contribution >= 0.6 is 0 Å². The molecule has 2 fully saturated rings. The van der Waals surface area contributed by atoms with E-state index < -0.39 is 0 Å². The molecule has 0 atom stereocenters. The highest BCUT2D eigenvalue weighted by molar-refractivity contribution is 4.72. The van der Waals surface area contributed by atoms with Crippen LogP contribution in [0.2, 0.25) is 0 Å². The first kappa shape index (κ1) is 21.9. The molecule has 4 heteroatoms. The largest absolute Gasteiger partial charge is 0.317 e. The fraction of sp³-hybridized carbons (Fsp3) is 0.895. The van der Waals surface area contributed by atoms with Gasteiger partial charge in [-0.05, 0) is 63.7 Å². The summed E-state index contributed by atoms with van der Waals surface area (Å²) in [5.74, 6) is 2.07. The van der Waals surface area contributed by atoms with Gasteiger partial charge in [0.1, 0.15) is 0 Å². The lowest BCUT2D eigenvalue weighted by Gasteiger charge is -2.25. The summed E-state index contributed by atoms with van der Waals surface area (Å²) in [6.45, 7) is 8.69. The van der Waals surface area contributed by atoms with Gasteiger partial charge >= 0.3 is 0 Å². The van der Waals surface area contributed by atoms with Crippen LogP contribution in [-0.4, -0.2) is 26.2 Å². The standard InChI is InChI=1S/C13H26N2.2C3H5N/c1(2-12-4-8-14-9-5-12)3-13-6-10-15-11-7-13;2*1-2-3-4/h12-15H,1-11H2;2*2H2,1H3. The monoisotopic (exact) mass is 320 g/mol. The maximum absolute atomic E-state index is 7.62. The van der Waals surface area contributed by atoms with Crippen LogP contribution in [0.3, 0.4) is 0 Å². The summed E-state index contributed by atoms with van der Waals surface area (Å²) in [5, 5.41) is 22.1. The summed E-state index contributed by atoms with van der Waals surface area (Å²) in [6, 6.07) is 3.86. The molecule has 0 spiro atoms. The molecule has 132 valence electrons. The van der Waals surface area contributed by atoms with Gasteiger partial charge in [0.2, 0.25) is 0 Å². The van der Waals surface area contributed by atoms with Crippen molar-refractivity contribution in [3.8, 4) is 12.1 Å². The number of nitriles is 2. The number of rotatable bonds is 4. The van der Waals surface area contributed by atoms with E-state index in [9.17, 15) is 0 Å². The van der Waals surface area contributed by atoms with E-state index in [1.807, 2.05) is 26.0 Å². The molecule has 0 aromatic rings. The zero-order valence-corrected chi connectivity index (χ0v) is 15.2. The Balaban J connectivity index is 0.000000509. The normalized spacial score (nSPS) is 18.4. The zero-order chi connectivity index (χ0) is 17.2. The third-order valence-corrected chi connectivity index (χ3v) is 4.46. The van der Waals surface area contributed by atoms with E-state index in [0.717, 1.165) is 11.8 Å². The number of piperidine rings is 2. The second kappa shape index (κ2) is 17.3. The Morgan fingerprint density at radius 3 is 1.30 bits per heavy atom. The Hall–Kier alpha value is -1.10. The summed E-state index contributed by atoms with van der Waals surface area (Å²) in [7, 11) is 0. The summed E-state index contributed by atoms with van der Waals surface area (Å²) in [5.41, 5.74) is 0. The average molecular weight is 321 g/mol. The number of hydrogen-bond acceptors (Lipinski definition) is 4. The molecule has 0 amide bonds. The van der Waals surface area contributed by atoms with Gasteiger partial charge < -0.3 is 10.6 Å². The van der Waals surface area contributed by atoms with Crippen molar-refractivity contribution in [2.45, 2.75) is 71.6 Å². The van der Waals surface area contributed by atoms with E-state index in [1.165, 1.54) is 71.1 Å². The minimum Gasteiger partial charge on any atom is -0.317 e. The van der Waals surface area contributed by atoms with Crippen molar-refractivity contribution in [1.29, 1.82) is 10.5 Å². The molecule has 0 aromatic heterocycles. The van der Waals surface area contributed by atoms with E-state index in [0.29, 0.717) is 12.8 Å². The molecule has 2 heterocycles. The molecule has 0 unspecified atom stereocenters. The highest BCUT2D eigenvalue weighted by Crippen LogP contribution is 2.23. The molecular formula is C19H36N4. The Morgan fingerprint density at radius 1 is 0.739 bits per heavy atom. The van der Waals surface area contributed by atoms with Crippen LogP contribution < -0.4 is 10.6 Å². The van der Waals surface area contributed by atoms with Crippen molar-refractivity contribution in [2.24, 2.45) is 11.8 Å². The molecule has 2 saturated heterocycles. The lowest BCUT2D eigenvalue weighted by Crippen LogP contribution is -2.29. The molecule has 2 rings (SSSR count). The van der Waals surface area contributed by atoms with Crippen LogP contribution in [0.1, 0.15) is 71.6 Å². The molecule has 0 aliphatic carbocycles. The molecule has 23 heavy (non-hydrogen) atoms. The predicted molar refractivity (Wildman–Crippen MR) is 96.8 cm³/mol. The molecule has 4 nitrogen and oxygen atoms in total. The van der Waals surface area contributed by atoms with E-state index in [4.69, 9.17) is 10.5 Å². The minimum absolute atomic E-state index is 0.625. The van der Waals surface area contributed by atoms with Crippen LogP contribution in [0.4, 0.5) is 0 Å². The Labute approximate surface area is 143 Å². The van der Waals surface area contributed by atoms with Gasteiger partial charge in [0.15, 0.2) is 0 Å². The molecule has 0 saturated carbocycles. The Morgan fingerprint density at radius 2 is 1.04 bits per heavy atom. The molecule has 2 N–H and O–H groups in total. The van der Waals surface area contributed by atoms with E-state index in [1.54, 1.807) is 0 Å². The van der Waals surface area contributed by atoms with Crippen LogP contribution in [0.15, 0.2) is 0 Å². The lowest BCUT2D eigenvalue weighted by atomic mass is 9.87. The smallest absolute Gasteiger partial charge is 0.0618 e. The quantitative estimate of drug-likeness (QED) is 0.821. The van der Waals surface area contributed by atoms with Gasteiger partial charge in [-0.25, -0.2) is 0 Å². The van der Waals surface area contributed by atoms with Gasteiger partial charge in [-0.1, -0.05) is 33.1 Å². The first-order chi connectivity index (χ1) is 11.3. The highest BCUT2D eigenvalue weighted by atomic mass is 14.9. The van der Waals surface area contributed by atoms with Crippen molar-refractivity contribution in [2.75, 3.05) is 26.2 Å². The van der Waals surface area contributed by atoms with Crippen molar-refractivity contribution in [3.63, 3.8) is 0 Å². The number of nitrogens with zero attached hydrogens (tertiary/aromatic N) is 2. The van der Waals surface area contributed by atoms with E-state index >= 15 is 0 Å². The van der Waals surface area contributed by atoms with Gasteiger partial charge in [-0.15, -0.1) is 0 Å². The number of nitrogens with one attached hydrogen (secondary N) is 2. The molecule has 0 bridgehead atoms. The van der Waals surface area contributed by atoms with Crippen molar-refractivity contribution in [1.82, 2.24) is 10.6 Å². The SMILES string of the molecule is C(CC1CCNCC1)CC1CCNCC1.CCC#N.CCC#N. The summed E-state index contributed by atoms with van der Waals surface area (Å²) in [4.78, 5) is 0. The average Bonchev–Trinajstić information content (AvgIpc) is 2.64. The van der Waals surface area contributed by atoms with Crippen molar-refractivity contribution < 1.29 is 0 Å². The minimum atomic E-state index is 0.625. The van der Waals surface area contributed by atoms with Gasteiger partial charge in [0.05, 0.1) is 12.1 Å². The Bertz CT molecular complexity index is 285. The second-order valence-electron chi connectivity index (χ2n) is 6.34. The van der Waals surface area contributed by atoms with Gasteiger partial charge in [0, 0.05) is 12.8 Å². The van der Waals surface area contributed by atoms with E-state index in [-0.39, 0.29) is 0 Å². The third-order valence-electron chi connectivity index (χ3n) is 4.46. The van der Waals surface area contributed by atoms with E-state index in [2.05, 4.69) is 10.6 Å². The number of hydrogen-bond donors (Lipinski definition) is 2. The first-order valence-electron chi connectivity index (χ1n) is 9.43. The third kappa shape index (κ3) is 14.2. The van der Waals surface area contributed by atoms with Crippen LogP contribution in [0.25, 0.3) is 0 Å². The second-order valence-corrected chi connectivity index (χ2v) is 6.34. The maximum atomic E-state index is 7.62. The molecule has 0 radical (unpaired) electrons. The van der Waals surface area contributed by atoms with Crippen LogP contribution in [-0.2, 0) is 0 Å². The summed E-state index contributed by atoms with van der Waals surface area (Å²) >= 11 is 0. The predicted octanol–water partition coefficient (Wildman–Crippen LogP) is 4.00. The van der Waals surface area contributed by atoms with Gasteiger partial charge in [0.25, 0.3) is 0 Å². The summed E-state index contributed by atoms with van der Waals surface area (Å²) in [6.07, 6.45) is 11.4. The Kier molecular flexibility index (Phi) is 16.4. The van der Waals surface area contributed by atoms with Crippen LogP contribution in [0, 0.1) is 34.5 Å². The molecular weight excluding hydrogens is 284 g/mol. The fourth-order valence-electron chi connectivity index (χ4n) is 3.04. The molecule has 2 aliphatic rings. The molecule has 2 aliphatic heterocycles. The molecule has 0 aromatic carbocycles. The van der Waals surface area contributed by atoms with Crippen LogP contribution in [0.5, 0.6) is 0 Å². The first-order valence-corrected chi connectivity index (χ1v) is 9.43.